The number of piperidine rings is 1. The van der Waals surface area contributed by atoms with Crippen LogP contribution in [0.2, 0.25) is 0 Å². The summed E-state index contributed by atoms with van der Waals surface area (Å²) in [6, 6.07) is 12.5. The summed E-state index contributed by atoms with van der Waals surface area (Å²) in [4.78, 5) is 52.6. The Balaban J connectivity index is 1.28. The molecule has 1 fully saturated rings. The van der Waals surface area contributed by atoms with Gasteiger partial charge in [0.2, 0.25) is 5.91 Å². The number of hydrogen-bond acceptors (Lipinski definition) is 4. The van der Waals surface area contributed by atoms with E-state index >= 15 is 0 Å². The molecule has 2 atom stereocenters. The van der Waals surface area contributed by atoms with Gasteiger partial charge in [-0.25, -0.2) is 0 Å². The van der Waals surface area contributed by atoms with E-state index in [1.165, 1.54) is 0 Å². The zero-order valence-electron chi connectivity index (χ0n) is 18.4. The van der Waals surface area contributed by atoms with Gasteiger partial charge in [-0.15, -0.1) is 0 Å². The minimum Gasteiger partial charge on any atom is -0.352 e. The van der Waals surface area contributed by atoms with E-state index in [1.54, 1.807) is 18.2 Å². The van der Waals surface area contributed by atoms with Gasteiger partial charge in [0.25, 0.3) is 11.8 Å². The second-order valence-electron chi connectivity index (χ2n) is 9.04. The predicted octanol–water partition coefficient (Wildman–Crippen LogP) is 2.45. The number of likely N-dealkylation sites (tertiary alicyclic amines) is 1. The number of carbonyl (C=O) groups excluding carboxylic acids is 4. The van der Waals surface area contributed by atoms with Crippen LogP contribution in [0.4, 0.5) is 0 Å². The van der Waals surface area contributed by atoms with E-state index in [1.807, 2.05) is 29.2 Å². The average molecular weight is 446 g/mol. The van der Waals surface area contributed by atoms with Gasteiger partial charge in [-0.2, -0.15) is 0 Å². The minimum absolute atomic E-state index is 0.0160. The Hall–Kier alpha value is -3.48. The molecule has 3 aliphatic rings. The Labute approximate surface area is 192 Å². The zero-order chi connectivity index (χ0) is 22.9. The Kier molecular flexibility index (Phi) is 5.70. The molecular formula is C26H27N3O4. The van der Waals surface area contributed by atoms with Crippen molar-refractivity contribution in [1.29, 1.82) is 0 Å². The van der Waals surface area contributed by atoms with Crippen molar-refractivity contribution in [2.24, 2.45) is 0 Å². The number of amides is 3. The number of ketones is 1. The van der Waals surface area contributed by atoms with Gasteiger partial charge in [0.15, 0.2) is 5.78 Å². The van der Waals surface area contributed by atoms with E-state index in [0.29, 0.717) is 36.3 Å². The Morgan fingerprint density at radius 2 is 1.91 bits per heavy atom. The van der Waals surface area contributed by atoms with Crippen molar-refractivity contribution in [2.45, 2.75) is 44.1 Å². The number of carbonyl (C=O) groups is 4. The third-order valence-corrected chi connectivity index (χ3v) is 7.03. The molecule has 0 aromatic heterocycles. The highest BCUT2D eigenvalue weighted by molar-refractivity contribution is 6.06. The maximum Gasteiger partial charge on any atom is 0.251 e. The molecule has 2 heterocycles. The number of Topliss-reactive ketones (excluding diaryl/α,β-unsaturated/α-hetero) is 1. The summed E-state index contributed by atoms with van der Waals surface area (Å²) in [5.74, 6) is -0.860. The van der Waals surface area contributed by atoms with Gasteiger partial charge < -0.3 is 15.5 Å². The maximum atomic E-state index is 13.4. The number of benzene rings is 2. The molecule has 0 saturated carbocycles. The molecule has 33 heavy (non-hydrogen) atoms. The van der Waals surface area contributed by atoms with E-state index in [0.717, 1.165) is 36.8 Å². The lowest BCUT2D eigenvalue weighted by Gasteiger charge is -2.37. The molecule has 1 saturated heterocycles. The summed E-state index contributed by atoms with van der Waals surface area (Å²) >= 11 is 0. The molecule has 170 valence electrons. The SMILES string of the molecule is O=C(NCC1CCCCN1C(=O)C1CC(=O)c2ccccc21)c1ccc2c(c1)C(=O)NCC2. The molecule has 2 N–H and O–H groups in total. The lowest BCUT2D eigenvalue weighted by molar-refractivity contribution is -0.136. The van der Waals surface area contributed by atoms with Crippen LogP contribution < -0.4 is 10.6 Å². The number of hydrogen-bond donors (Lipinski definition) is 2. The molecule has 0 bridgehead atoms. The first-order valence-electron chi connectivity index (χ1n) is 11.6. The lowest BCUT2D eigenvalue weighted by atomic mass is 9.95. The summed E-state index contributed by atoms with van der Waals surface area (Å²) < 4.78 is 0. The molecule has 3 amide bonds. The van der Waals surface area contributed by atoms with Crippen molar-refractivity contribution in [2.75, 3.05) is 19.6 Å². The van der Waals surface area contributed by atoms with Gasteiger partial charge in [0, 0.05) is 48.8 Å². The standard InChI is InChI=1S/C26H27N3O4/c30-23-14-22(19-6-1-2-7-20(19)23)26(33)29-12-4-3-5-18(29)15-28-24(31)17-9-8-16-10-11-27-25(32)21(16)13-17/h1-2,6-9,13,18,22H,3-5,10-12,14-15H2,(H,27,32)(H,28,31). The van der Waals surface area contributed by atoms with E-state index in [4.69, 9.17) is 0 Å². The fourth-order valence-corrected chi connectivity index (χ4v) is 5.25. The Morgan fingerprint density at radius 3 is 2.79 bits per heavy atom. The zero-order valence-corrected chi connectivity index (χ0v) is 18.4. The molecule has 2 aromatic carbocycles. The maximum absolute atomic E-state index is 13.4. The van der Waals surface area contributed by atoms with Crippen LogP contribution in [-0.4, -0.2) is 54.1 Å². The van der Waals surface area contributed by atoms with Crippen LogP contribution in [0.5, 0.6) is 0 Å². The molecule has 5 rings (SSSR count). The summed E-state index contributed by atoms with van der Waals surface area (Å²) in [7, 11) is 0. The van der Waals surface area contributed by atoms with Crippen LogP contribution in [0.3, 0.4) is 0 Å². The quantitative estimate of drug-likeness (QED) is 0.756. The third kappa shape index (κ3) is 4.03. The fourth-order valence-electron chi connectivity index (χ4n) is 5.25. The number of nitrogens with zero attached hydrogens (tertiary/aromatic N) is 1. The Morgan fingerprint density at radius 1 is 1.06 bits per heavy atom. The summed E-state index contributed by atoms with van der Waals surface area (Å²) in [5.41, 5.74) is 3.40. The molecule has 7 nitrogen and oxygen atoms in total. The van der Waals surface area contributed by atoms with E-state index in [9.17, 15) is 19.2 Å². The lowest BCUT2D eigenvalue weighted by Crippen LogP contribution is -2.50. The van der Waals surface area contributed by atoms with Gasteiger partial charge >= 0.3 is 0 Å². The first kappa shape index (κ1) is 21.4. The number of rotatable bonds is 4. The molecule has 1 aliphatic carbocycles. The summed E-state index contributed by atoms with van der Waals surface area (Å²) in [6.07, 6.45) is 3.68. The molecular weight excluding hydrogens is 418 g/mol. The topological polar surface area (TPSA) is 95.6 Å². The smallest absolute Gasteiger partial charge is 0.251 e. The summed E-state index contributed by atoms with van der Waals surface area (Å²) in [6.45, 7) is 1.58. The highest BCUT2D eigenvalue weighted by Crippen LogP contribution is 2.35. The third-order valence-electron chi connectivity index (χ3n) is 7.03. The van der Waals surface area contributed by atoms with Gasteiger partial charge in [0.05, 0.1) is 5.92 Å². The van der Waals surface area contributed by atoms with Crippen molar-refractivity contribution in [3.63, 3.8) is 0 Å². The molecule has 2 unspecified atom stereocenters. The first-order valence-corrected chi connectivity index (χ1v) is 11.6. The largest absolute Gasteiger partial charge is 0.352 e. The van der Waals surface area contributed by atoms with Crippen molar-refractivity contribution in [3.05, 3.63) is 70.3 Å². The van der Waals surface area contributed by atoms with Crippen LogP contribution in [0.15, 0.2) is 42.5 Å². The minimum atomic E-state index is -0.441. The van der Waals surface area contributed by atoms with Gasteiger partial charge in [0.1, 0.15) is 0 Å². The molecule has 7 heteroatoms. The van der Waals surface area contributed by atoms with Crippen LogP contribution in [0.1, 0.15) is 73.8 Å². The first-order chi connectivity index (χ1) is 16.0. The van der Waals surface area contributed by atoms with E-state index < -0.39 is 5.92 Å². The van der Waals surface area contributed by atoms with Crippen molar-refractivity contribution >= 4 is 23.5 Å². The highest BCUT2D eigenvalue weighted by atomic mass is 16.2. The van der Waals surface area contributed by atoms with Crippen LogP contribution in [0.25, 0.3) is 0 Å². The van der Waals surface area contributed by atoms with Crippen molar-refractivity contribution in [1.82, 2.24) is 15.5 Å². The van der Waals surface area contributed by atoms with Crippen molar-refractivity contribution in [3.8, 4) is 0 Å². The van der Waals surface area contributed by atoms with E-state index in [2.05, 4.69) is 10.6 Å². The second-order valence-corrected chi connectivity index (χ2v) is 9.04. The molecule has 2 aromatic rings. The second kappa shape index (κ2) is 8.81. The predicted molar refractivity (Wildman–Crippen MR) is 122 cm³/mol. The van der Waals surface area contributed by atoms with Crippen molar-refractivity contribution < 1.29 is 19.2 Å². The van der Waals surface area contributed by atoms with Gasteiger partial charge in [-0.1, -0.05) is 30.3 Å². The fraction of sp³-hybridized carbons (Fsp3) is 0.385. The number of fused-ring (bicyclic) bond motifs is 2. The molecule has 0 radical (unpaired) electrons. The Bertz CT molecular complexity index is 1140. The van der Waals surface area contributed by atoms with Gasteiger partial charge in [-0.3, -0.25) is 19.2 Å². The van der Waals surface area contributed by atoms with Crippen LogP contribution in [0, 0.1) is 0 Å². The van der Waals surface area contributed by atoms with Crippen LogP contribution >= 0.6 is 0 Å². The van der Waals surface area contributed by atoms with Crippen LogP contribution in [-0.2, 0) is 11.2 Å². The van der Waals surface area contributed by atoms with Gasteiger partial charge in [-0.05, 0) is 48.9 Å². The molecule has 0 spiro atoms. The molecule has 2 aliphatic heterocycles. The highest BCUT2D eigenvalue weighted by Gasteiger charge is 2.39. The summed E-state index contributed by atoms with van der Waals surface area (Å²) in [5, 5.41) is 5.77. The normalized spacial score (nSPS) is 21.8. The average Bonchev–Trinajstić information content (AvgIpc) is 3.19. The van der Waals surface area contributed by atoms with E-state index in [-0.39, 0.29) is 36.0 Å². The monoisotopic (exact) mass is 445 g/mol. The number of nitrogens with one attached hydrogen (secondary N) is 2.